The molecule has 0 aromatic rings. The van der Waals surface area contributed by atoms with Crippen molar-refractivity contribution in [3.63, 3.8) is 0 Å². The Kier molecular flexibility index (Phi) is 39.9. The summed E-state index contributed by atoms with van der Waals surface area (Å²) in [5, 5.41) is 3.01. The molecule has 0 aliphatic heterocycles. The average molecular weight is 730 g/mol. The predicted molar refractivity (Wildman–Crippen MR) is 210 cm³/mol. The normalized spacial score (nSPS) is 12.8. The first-order valence-corrected chi connectivity index (χ1v) is 21.9. The van der Waals surface area contributed by atoms with Crippen LogP contribution < -0.4 is 5.32 Å². The van der Waals surface area contributed by atoms with E-state index in [-0.39, 0.29) is 25.2 Å². The van der Waals surface area contributed by atoms with Crippen LogP contribution in [0.1, 0.15) is 194 Å². The SMILES string of the molecule is CCCCCCCC/C=C\CCCCCCCC(=O)OC(COC(=O)CCCCCCCCCCCCCCC)COP(OC)OCCNC. The average Bonchev–Trinajstić information content (AvgIpc) is 3.12. The first-order valence-electron chi connectivity index (χ1n) is 20.8. The Morgan fingerprint density at radius 2 is 1.02 bits per heavy atom. The number of carbonyl (C=O) groups excluding carboxylic acids is 2. The Balaban J connectivity index is 4.23. The summed E-state index contributed by atoms with van der Waals surface area (Å²) < 4.78 is 27.9. The molecule has 0 saturated heterocycles. The number of esters is 2. The Hall–Kier alpha value is -1.05. The second-order valence-corrected chi connectivity index (χ2v) is 15.1. The van der Waals surface area contributed by atoms with Crippen LogP contribution in [0.25, 0.3) is 0 Å². The van der Waals surface area contributed by atoms with Gasteiger partial charge in [-0.3, -0.25) is 9.59 Å². The summed E-state index contributed by atoms with van der Waals surface area (Å²) >= 11 is 0. The highest BCUT2D eigenvalue weighted by Gasteiger charge is 2.21. The molecule has 0 aromatic carbocycles. The highest BCUT2D eigenvalue weighted by molar-refractivity contribution is 7.41. The molecule has 0 aliphatic carbocycles. The van der Waals surface area contributed by atoms with Crippen molar-refractivity contribution in [2.45, 2.75) is 200 Å². The van der Waals surface area contributed by atoms with E-state index in [9.17, 15) is 9.59 Å². The van der Waals surface area contributed by atoms with E-state index in [0.29, 0.717) is 26.0 Å². The predicted octanol–water partition coefficient (Wildman–Crippen LogP) is 12.1. The zero-order valence-corrected chi connectivity index (χ0v) is 34.1. The zero-order valence-electron chi connectivity index (χ0n) is 33.2. The second kappa shape index (κ2) is 40.7. The lowest BCUT2D eigenvalue weighted by Crippen LogP contribution is -2.29. The number of allylic oxidation sites excluding steroid dienone is 2. The van der Waals surface area contributed by atoms with Gasteiger partial charge in [0.25, 0.3) is 0 Å². The first kappa shape index (κ1) is 49.0. The van der Waals surface area contributed by atoms with E-state index in [1.807, 2.05) is 7.05 Å². The zero-order chi connectivity index (χ0) is 36.6. The molecule has 0 aliphatic rings. The molecule has 0 aromatic heterocycles. The fourth-order valence-corrected chi connectivity index (χ4v) is 6.57. The second-order valence-electron chi connectivity index (χ2n) is 13.8. The summed E-state index contributed by atoms with van der Waals surface area (Å²) in [6, 6.07) is 0. The summed E-state index contributed by atoms with van der Waals surface area (Å²) in [6.07, 6.45) is 36.8. The maximum atomic E-state index is 12.7. The van der Waals surface area contributed by atoms with Crippen LogP contribution in [0.5, 0.6) is 0 Å². The van der Waals surface area contributed by atoms with Gasteiger partial charge in [0.1, 0.15) is 6.61 Å². The van der Waals surface area contributed by atoms with Crippen LogP contribution in [0.3, 0.4) is 0 Å². The maximum Gasteiger partial charge on any atom is 0.332 e. The molecule has 0 amide bonds. The lowest BCUT2D eigenvalue weighted by atomic mass is 10.0. The van der Waals surface area contributed by atoms with E-state index in [1.165, 1.54) is 129 Å². The van der Waals surface area contributed by atoms with E-state index in [0.717, 1.165) is 44.9 Å². The van der Waals surface area contributed by atoms with Gasteiger partial charge in [-0.1, -0.05) is 154 Å². The summed E-state index contributed by atoms with van der Waals surface area (Å²) in [5.74, 6) is -0.549. The third-order valence-corrected chi connectivity index (χ3v) is 9.97. The summed E-state index contributed by atoms with van der Waals surface area (Å²) in [4.78, 5) is 25.1. The Morgan fingerprint density at radius 1 is 0.580 bits per heavy atom. The number of carbonyl (C=O) groups is 2. The van der Waals surface area contributed by atoms with E-state index in [2.05, 4.69) is 31.3 Å². The Labute approximate surface area is 310 Å². The van der Waals surface area contributed by atoms with Crippen molar-refractivity contribution >= 4 is 20.5 Å². The Morgan fingerprint density at radius 3 is 1.48 bits per heavy atom. The van der Waals surface area contributed by atoms with Gasteiger partial charge < -0.3 is 28.4 Å². The van der Waals surface area contributed by atoms with Crippen molar-refractivity contribution in [3.8, 4) is 0 Å². The fourth-order valence-electron chi connectivity index (χ4n) is 5.76. The largest absolute Gasteiger partial charge is 0.462 e. The minimum absolute atomic E-state index is 0.0290. The number of hydrogen-bond donors (Lipinski definition) is 1. The van der Waals surface area contributed by atoms with Crippen molar-refractivity contribution in [1.82, 2.24) is 5.32 Å². The molecule has 1 N–H and O–H groups in total. The number of likely N-dealkylation sites (N-methyl/N-ethyl adjacent to an activating group) is 1. The van der Waals surface area contributed by atoms with Crippen molar-refractivity contribution in [2.75, 3.05) is 40.5 Å². The molecule has 0 rings (SSSR count). The monoisotopic (exact) mass is 730 g/mol. The molecule has 2 unspecified atom stereocenters. The fraction of sp³-hybridized carbons (Fsp3) is 0.902. The third-order valence-electron chi connectivity index (χ3n) is 8.92. The highest BCUT2D eigenvalue weighted by atomic mass is 31.2. The lowest BCUT2D eigenvalue weighted by Gasteiger charge is -2.21. The lowest BCUT2D eigenvalue weighted by molar-refractivity contribution is -0.161. The molecular formula is C41H80NO7P. The van der Waals surface area contributed by atoms with Gasteiger partial charge >= 0.3 is 20.5 Å². The molecule has 0 bridgehead atoms. The third kappa shape index (κ3) is 36.7. The molecule has 50 heavy (non-hydrogen) atoms. The van der Waals surface area contributed by atoms with Gasteiger partial charge in [0.15, 0.2) is 6.10 Å². The van der Waals surface area contributed by atoms with Crippen LogP contribution in [0.2, 0.25) is 0 Å². The highest BCUT2D eigenvalue weighted by Crippen LogP contribution is 2.38. The van der Waals surface area contributed by atoms with Gasteiger partial charge in [-0.25, -0.2) is 0 Å². The molecular weight excluding hydrogens is 649 g/mol. The summed E-state index contributed by atoms with van der Waals surface area (Å²) in [7, 11) is 1.78. The number of rotatable bonds is 40. The van der Waals surface area contributed by atoms with Gasteiger partial charge in [0.2, 0.25) is 0 Å². The molecule has 8 nitrogen and oxygen atoms in total. The van der Waals surface area contributed by atoms with Crippen molar-refractivity contribution < 1.29 is 32.6 Å². The van der Waals surface area contributed by atoms with Crippen molar-refractivity contribution in [3.05, 3.63) is 12.2 Å². The number of hydrogen-bond acceptors (Lipinski definition) is 8. The molecule has 0 spiro atoms. The topological polar surface area (TPSA) is 92.3 Å². The molecule has 0 radical (unpaired) electrons. The standard InChI is InChI=1S/C41H80NO7P/c1-5-7-9-11-13-15-17-19-20-22-24-26-28-30-32-34-41(44)49-39(38-48-50(45-4)47-36-35-42-3)37-46-40(43)33-31-29-27-25-23-21-18-16-14-12-10-8-6-2/h19-20,39,42H,5-18,21-38H2,1-4H3/b20-19-. The molecule has 296 valence electrons. The van der Waals surface area contributed by atoms with Gasteiger partial charge in [-0.05, 0) is 45.6 Å². The van der Waals surface area contributed by atoms with Gasteiger partial charge in [-0.15, -0.1) is 0 Å². The molecule has 9 heteroatoms. The number of ether oxygens (including phenoxy) is 2. The van der Waals surface area contributed by atoms with Crippen LogP contribution in [-0.2, 0) is 32.6 Å². The van der Waals surface area contributed by atoms with Gasteiger partial charge in [0, 0.05) is 26.5 Å². The molecule has 0 heterocycles. The molecule has 2 atom stereocenters. The molecule has 0 fully saturated rings. The van der Waals surface area contributed by atoms with Crippen LogP contribution in [-0.4, -0.2) is 58.6 Å². The van der Waals surface area contributed by atoms with E-state index in [1.54, 1.807) is 0 Å². The smallest absolute Gasteiger partial charge is 0.332 e. The Bertz CT molecular complexity index is 754. The van der Waals surface area contributed by atoms with Crippen molar-refractivity contribution in [1.29, 1.82) is 0 Å². The summed E-state index contributed by atoms with van der Waals surface area (Å²) in [5.41, 5.74) is 0. The van der Waals surface area contributed by atoms with Crippen LogP contribution in [0, 0.1) is 0 Å². The van der Waals surface area contributed by atoms with Crippen molar-refractivity contribution in [2.24, 2.45) is 0 Å². The van der Waals surface area contributed by atoms with Crippen LogP contribution >= 0.6 is 8.60 Å². The van der Waals surface area contributed by atoms with Gasteiger partial charge in [0.05, 0.1) is 13.2 Å². The number of unbranched alkanes of at least 4 members (excludes halogenated alkanes) is 23. The minimum Gasteiger partial charge on any atom is -0.462 e. The van der Waals surface area contributed by atoms with Crippen LogP contribution in [0.4, 0.5) is 0 Å². The van der Waals surface area contributed by atoms with E-state index < -0.39 is 14.7 Å². The summed E-state index contributed by atoms with van der Waals surface area (Å²) in [6.45, 7) is 5.64. The van der Waals surface area contributed by atoms with Crippen LogP contribution in [0.15, 0.2) is 12.2 Å². The maximum absolute atomic E-state index is 12.7. The quantitative estimate of drug-likeness (QED) is 0.0288. The first-order chi connectivity index (χ1) is 24.6. The van der Waals surface area contributed by atoms with E-state index >= 15 is 0 Å². The van der Waals surface area contributed by atoms with Gasteiger partial charge in [-0.2, -0.15) is 0 Å². The number of nitrogens with one attached hydrogen (secondary N) is 1. The minimum atomic E-state index is -1.58. The molecule has 0 saturated carbocycles. The van der Waals surface area contributed by atoms with E-state index in [4.69, 9.17) is 23.0 Å².